The molecule has 112 valence electrons. The Kier molecular flexibility index (Phi) is 6.49. The molecule has 1 unspecified atom stereocenters. The standard InChI is InChI=1S/C15H22BrNO3/c1-5-19-10-13(11-7-6-8-12(16)9-11)17-14(18)20-15(2,3)4/h6-9,13H,5,10H2,1-4H3,(H,17,18). The number of nitrogens with one attached hydrogen (secondary N) is 1. The number of halogens is 1. The monoisotopic (exact) mass is 343 g/mol. The van der Waals surface area contributed by atoms with Crippen LogP contribution in [0, 0.1) is 0 Å². The van der Waals surface area contributed by atoms with Crippen LogP contribution in [0.25, 0.3) is 0 Å². The number of carbonyl (C=O) groups is 1. The zero-order valence-corrected chi connectivity index (χ0v) is 14.0. The Bertz CT molecular complexity index is 443. The molecule has 0 spiro atoms. The van der Waals surface area contributed by atoms with Crippen molar-refractivity contribution < 1.29 is 14.3 Å². The first-order chi connectivity index (χ1) is 9.31. The maximum Gasteiger partial charge on any atom is 0.408 e. The molecule has 0 bridgehead atoms. The summed E-state index contributed by atoms with van der Waals surface area (Å²) in [6, 6.07) is 7.54. The van der Waals surface area contributed by atoms with Gasteiger partial charge in [-0.2, -0.15) is 0 Å². The second-order valence-electron chi connectivity index (χ2n) is 5.41. The highest BCUT2D eigenvalue weighted by Crippen LogP contribution is 2.19. The molecule has 1 atom stereocenters. The number of hydrogen-bond donors (Lipinski definition) is 1. The summed E-state index contributed by atoms with van der Waals surface area (Å²) in [5.74, 6) is 0. The molecule has 0 saturated carbocycles. The van der Waals surface area contributed by atoms with Crippen molar-refractivity contribution >= 4 is 22.0 Å². The van der Waals surface area contributed by atoms with E-state index in [-0.39, 0.29) is 6.04 Å². The highest BCUT2D eigenvalue weighted by Gasteiger charge is 2.20. The Morgan fingerprint density at radius 3 is 2.65 bits per heavy atom. The first-order valence-corrected chi connectivity index (χ1v) is 7.44. The fourth-order valence-corrected chi connectivity index (χ4v) is 2.05. The van der Waals surface area contributed by atoms with Gasteiger partial charge in [0.2, 0.25) is 0 Å². The third kappa shape index (κ3) is 6.39. The van der Waals surface area contributed by atoms with Crippen molar-refractivity contribution in [2.24, 2.45) is 0 Å². The highest BCUT2D eigenvalue weighted by atomic mass is 79.9. The molecular weight excluding hydrogens is 322 g/mol. The number of amides is 1. The van der Waals surface area contributed by atoms with Crippen LogP contribution in [0.15, 0.2) is 28.7 Å². The maximum absolute atomic E-state index is 11.9. The van der Waals surface area contributed by atoms with E-state index in [1.807, 2.05) is 52.0 Å². The van der Waals surface area contributed by atoms with Gasteiger partial charge in [-0.3, -0.25) is 0 Å². The Morgan fingerprint density at radius 1 is 1.40 bits per heavy atom. The second kappa shape index (κ2) is 7.64. The molecule has 0 aliphatic carbocycles. The molecule has 20 heavy (non-hydrogen) atoms. The number of rotatable bonds is 5. The molecule has 4 nitrogen and oxygen atoms in total. The molecule has 1 rings (SSSR count). The van der Waals surface area contributed by atoms with Crippen molar-refractivity contribution in [1.29, 1.82) is 0 Å². The third-order valence-corrected chi connectivity index (χ3v) is 2.92. The number of benzene rings is 1. The summed E-state index contributed by atoms with van der Waals surface area (Å²) in [5, 5.41) is 2.84. The van der Waals surface area contributed by atoms with Crippen LogP contribution in [-0.2, 0) is 9.47 Å². The lowest BCUT2D eigenvalue weighted by molar-refractivity contribution is 0.0448. The lowest BCUT2D eigenvalue weighted by Crippen LogP contribution is -2.36. The average molecular weight is 344 g/mol. The van der Waals surface area contributed by atoms with Crippen LogP contribution in [0.3, 0.4) is 0 Å². The summed E-state index contributed by atoms with van der Waals surface area (Å²) in [7, 11) is 0. The van der Waals surface area contributed by atoms with Gasteiger partial charge in [-0.25, -0.2) is 4.79 Å². The average Bonchev–Trinajstić information content (AvgIpc) is 2.32. The van der Waals surface area contributed by atoms with E-state index in [2.05, 4.69) is 21.2 Å². The topological polar surface area (TPSA) is 47.6 Å². The lowest BCUT2D eigenvalue weighted by Gasteiger charge is -2.24. The summed E-state index contributed by atoms with van der Waals surface area (Å²) in [6.07, 6.45) is -0.442. The molecule has 0 fully saturated rings. The van der Waals surface area contributed by atoms with E-state index in [0.717, 1.165) is 10.0 Å². The molecule has 1 aromatic carbocycles. The van der Waals surface area contributed by atoms with Gasteiger partial charge in [0.1, 0.15) is 5.60 Å². The van der Waals surface area contributed by atoms with Crippen LogP contribution in [0.5, 0.6) is 0 Å². The first-order valence-electron chi connectivity index (χ1n) is 6.64. The van der Waals surface area contributed by atoms with E-state index in [9.17, 15) is 4.79 Å². The van der Waals surface area contributed by atoms with Crippen LogP contribution in [0.2, 0.25) is 0 Å². The zero-order chi connectivity index (χ0) is 15.2. The Labute approximate surface area is 129 Å². The Hall–Kier alpha value is -1.07. The second-order valence-corrected chi connectivity index (χ2v) is 6.33. The smallest absolute Gasteiger partial charge is 0.408 e. The molecule has 5 heteroatoms. The SMILES string of the molecule is CCOCC(NC(=O)OC(C)(C)C)c1cccc(Br)c1. The fourth-order valence-electron chi connectivity index (χ4n) is 1.63. The Balaban J connectivity index is 2.77. The van der Waals surface area contributed by atoms with Gasteiger partial charge < -0.3 is 14.8 Å². The van der Waals surface area contributed by atoms with Gasteiger partial charge in [-0.1, -0.05) is 28.1 Å². The van der Waals surface area contributed by atoms with Gasteiger partial charge in [0, 0.05) is 11.1 Å². The summed E-state index contributed by atoms with van der Waals surface area (Å²) >= 11 is 3.43. The highest BCUT2D eigenvalue weighted by molar-refractivity contribution is 9.10. The van der Waals surface area contributed by atoms with Gasteiger partial charge >= 0.3 is 6.09 Å². The summed E-state index contributed by atoms with van der Waals surface area (Å²) in [5.41, 5.74) is 0.455. The van der Waals surface area contributed by atoms with Crippen molar-refractivity contribution in [1.82, 2.24) is 5.32 Å². The minimum absolute atomic E-state index is 0.234. The predicted octanol–water partition coefficient (Wildman–Crippen LogP) is 4.05. The molecule has 0 aromatic heterocycles. The zero-order valence-electron chi connectivity index (χ0n) is 12.4. The molecule has 1 amide bonds. The molecule has 0 saturated heterocycles. The molecule has 0 aliphatic rings. The number of ether oxygens (including phenoxy) is 2. The van der Waals surface area contributed by atoms with E-state index >= 15 is 0 Å². The number of carbonyl (C=O) groups excluding carboxylic acids is 1. The quantitative estimate of drug-likeness (QED) is 0.877. The van der Waals surface area contributed by atoms with Crippen LogP contribution in [0.4, 0.5) is 4.79 Å². The number of hydrogen-bond acceptors (Lipinski definition) is 3. The maximum atomic E-state index is 11.9. The third-order valence-electron chi connectivity index (χ3n) is 2.43. The van der Waals surface area contributed by atoms with Gasteiger partial charge in [-0.15, -0.1) is 0 Å². The van der Waals surface area contributed by atoms with Gasteiger partial charge in [0.15, 0.2) is 0 Å². The molecule has 1 N–H and O–H groups in total. The van der Waals surface area contributed by atoms with Gasteiger partial charge in [0.05, 0.1) is 12.6 Å². The van der Waals surface area contributed by atoms with E-state index < -0.39 is 11.7 Å². The summed E-state index contributed by atoms with van der Waals surface area (Å²) < 4.78 is 11.7. The first kappa shape index (κ1) is 17.0. The molecule has 0 radical (unpaired) electrons. The Morgan fingerprint density at radius 2 is 2.10 bits per heavy atom. The fraction of sp³-hybridized carbons (Fsp3) is 0.533. The van der Waals surface area contributed by atoms with Crippen LogP contribution in [0.1, 0.15) is 39.3 Å². The van der Waals surface area contributed by atoms with Crippen LogP contribution in [-0.4, -0.2) is 24.9 Å². The molecule has 0 aliphatic heterocycles. The predicted molar refractivity (Wildman–Crippen MR) is 82.7 cm³/mol. The van der Waals surface area contributed by atoms with Crippen molar-refractivity contribution in [3.05, 3.63) is 34.3 Å². The van der Waals surface area contributed by atoms with E-state index in [0.29, 0.717) is 13.2 Å². The van der Waals surface area contributed by atoms with E-state index in [1.54, 1.807) is 0 Å². The molecular formula is C15H22BrNO3. The van der Waals surface area contributed by atoms with Crippen LogP contribution >= 0.6 is 15.9 Å². The van der Waals surface area contributed by atoms with Gasteiger partial charge in [-0.05, 0) is 45.4 Å². The minimum Gasteiger partial charge on any atom is -0.444 e. The molecule has 1 aromatic rings. The molecule has 0 heterocycles. The van der Waals surface area contributed by atoms with E-state index in [1.165, 1.54) is 0 Å². The number of alkyl carbamates (subject to hydrolysis) is 1. The normalized spacial score (nSPS) is 12.8. The van der Waals surface area contributed by atoms with Crippen molar-refractivity contribution in [2.45, 2.75) is 39.3 Å². The van der Waals surface area contributed by atoms with Crippen molar-refractivity contribution in [3.63, 3.8) is 0 Å². The van der Waals surface area contributed by atoms with Crippen molar-refractivity contribution in [2.75, 3.05) is 13.2 Å². The van der Waals surface area contributed by atoms with Crippen LogP contribution < -0.4 is 5.32 Å². The lowest BCUT2D eigenvalue weighted by atomic mass is 10.1. The van der Waals surface area contributed by atoms with Crippen molar-refractivity contribution in [3.8, 4) is 0 Å². The minimum atomic E-state index is -0.516. The largest absolute Gasteiger partial charge is 0.444 e. The summed E-state index contributed by atoms with van der Waals surface area (Å²) in [6.45, 7) is 8.44. The summed E-state index contributed by atoms with van der Waals surface area (Å²) in [4.78, 5) is 11.9. The van der Waals surface area contributed by atoms with Gasteiger partial charge in [0.25, 0.3) is 0 Å². The van der Waals surface area contributed by atoms with E-state index in [4.69, 9.17) is 9.47 Å².